The molecule has 2 aliphatic rings. The fraction of sp³-hybridized carbons (Fsp3) is 0.632. The van der Waals surface area contributed by atoms with Crippen molar-refractivity contribution in [3.05, 3.63) is 35.5 Å². The van der Waals surface area contributed by atoms with Crippen molar-refractivity contribution in [2.75, 3.05) is 39.0 Å². The first-order valence-electron chi connectivity index (χ1n) is 9.57. The van der Waals surface area contributed by atoms with Crippen LogP contribution in [-0.4, -0.2) is 63.3 Å². The van der Waals surface area contributed by atoms with Crippen LogP contribution >= 0.6 is 0 Å². The van der Waals surface area contributed by atoms with E-state index in [1.807, 2.05) is 17.9 Å². The van der Waals surface area contributed by atoms with Gasteiger partial charge in [-0.1, -0.05) is 0 Å². The summed E-state index contributed by atoms with van der Waals surface area (Å²) in [5, 5.41) is 8.05. The van der Waals surface area contributed by atoms with Crippen LogP contribution in [0.1, 0.15) is 35.8 Å². The molecule has 0 unspecified atom stereocenters. The fourth-order valence-corrected chi connectivity index (χ4v) is 4.47. The van der Waals surface area contributed by atoms with Crippen molar-refractivity contribution >= 4 is 5.82 Å². The minimum atomic E-state index is 0.393. The first-order chi connectivity index (χ1) is 12.6. The monoisotopic (exact) mass is 355 g/mol. The second kappa shape index (κ2) is 7.32. The summed E-state index contributed by atoms with van der Waals surface area (Å²) < 4.78 is 2.01. The number of anilines is 1. The van der Waals surface area contributed by atoms with Gasteiger partial charge in [-0.15, -0.1) is 0 Å². The largest absolute Gasteiger partial charge is 0.369 e. The molecule has 7 heteroatoms. The van der Waals surface area contributed by atoms with Gasteiger partial charge in [0.2, 0.25) is 0 Å². The average Bonchev–Trinajstić information content (AvgIpc) is 3.05. The molecule has 140 valence electrons. The van der Waals surface area contributed by atoms with E-state index in [2.05, 4.69) is 50.3 Å². The first kappa shape index (κ1) is 17.4. The Hall–Kier alpha value is -1.99. The quantitative estimate of drug-likeness (QED) is 0.901. The number of piperidine rings is 1. The lowest BCUT2D eigenvalue weighted by Crippen LogP contribution is -2.40. The molecule has 2 aliphatic heterocycles. The van der Waals surface area contributed by atoms with E-state index in [-0.39, 0.29) is 0 Å². The minimum Gasteiger partial charge on any atom is -0.369 e. The van der Waals surface area contributed by atoms with Gasteiger partial charge in [-0.2, -0.15) is 5.10 Å². The molecule has 26 heavy (non-hydrogen) atoms. The number of aryl methyl sites for hydroxylation is 1. The highest BCUT2D eigenvalue weighted by Gasteiger charge is 2.32. The molecule has 1 fully saturated rings. The number of nitrogens with one attached hydrogen (secondary N) is 1. The number of hydrogen-bond donors (Lipinski definition) is 1. The molecule has 1 N–H and O–H groups in total. The van der Waals surface area contributed by atoms with Gasteiger partial charge in [0.1, 0.15) is 12.1 Å². The molecule has 7 nitrogen and oxygen atoms in total. The molecule has 1 saturated heterocycles. The van der Waals surface area contributed by atoms with Crippen molar-refractivity contribution in [3.8, 4) is 0 Å². The second-order valence-electron chi connectivity index (χ2n) is 7.72. The van der Waals surface area contributed by atoms with Gasteiger partial charge >= 0.3 is 0 Å². The van der Waals surface area contributed by atoms with Gasteiger partial charge in [-0.3, -0.25) is 9.58 Å². The highest BCUT2D eigenvalue weighted by atomic mass is 15.3. The van der Waals surface area contributed by atoms with E-state index in [0.29, 0.717) is 12.0 Å². The maximum Gasteiger partial charge on any atom is 0.134 e. The van der Waals surface area contributed by atoms with E-state index in [1.54, 1.807) is 6.33 Å². The van der Waals surface area contributed by atoms with Crippen LogP contribution in [0.2, 0.25) is 0 Å². The molecule has 2 aromatic heterocycles. The lowest BCUT2D eigenvalue weighted by atomic mass is 9.87. The Morgan fingerprint density at radius 1 is 1.19 bits per heavy atom. The van der Waals surface area contributed by atoms with E-state index in [0.717, 1.165) is 38.4 Å². The number of hydrogen-bond acceptors (Lipinski definition) is 6. The molecule has 0 radical (unpaired) electrons. The predicted octanol–water partition coefficient (Wildman–Crippen LogP) is 1.69. The maximum absolute atomic E-state index is 4.56. The van der Waals surface area contributed by atoms with Gasteiger partial charge in [0.05, 0.1) is 17.4 Å². The Labute approximate surface area is 155 Å². The Balaban J connectivity index is 1.53. The summed E-state index contributed by atoms with van der Waals surface area (Å²) in [4.78, 5) is 13.9. The van der Waals surface area contributed by atoms with E-state index in [9.17, 15) is 0 Å². The zero-order valence-corrected chi connectivity index (χ0v) is 16.0. The van der Waals surface area contributed by atoms with Crippen LogP contribution in [0.4, 0.5) is 5.82 Å². The molecule has 4 rings (SSSR count). The topological polar surface area (TPSA) is 62.1 Å². The number of aromatic nitrogens is 4. The Morgan fingerprint density at radius 3 is 2.88 bits per heavy atom. The minimum absolute atomic E-state index is 0.393. The van der Waals surface area contributed by atoms with Crippen LogP contribution in [0, 0.1) is 5.92 Å². The van der Waals surface area contributed by atoms with Crippen molar-refractivity contribution in [2.45, 2.75) is 31.8 Å². The molecule has 2 atom stereocenters. The number of likely N-dealkylation sites (N-methyl/N-ethyl adjacent to an activating group) is 1. The summed E-state index contributed by atoms with van der Waals surface area (Å²) in [5.41, 5.74) is 3.76. The number of nitrogens with zero attached hydrogens (tertiary/aromatic N) is 6. The molecule has 0 amide bonds. The van der Waals surface area contributed by atoms with E-state index >= 15 is 0 Å². The second-order valence-corrected chi connectivity index (χ2v) is 7.72. The van der Waals surface area contributed by atoms with Crippen LogP contribution in [0.15, 0.2) is 18.6 Å². The molecule has 0 aliphatic carbocycles. The van der Waals surface area contributed by atoms with E-state index < -0.39 is 0 Å². The summed E-state index contributed by atoms with van der Waals surface area (Å²) in [6.07, 6.45) is 7.08. The third-order valence-corrected chi connectivity index (χ3v) is 5.89. The zero-order chi connectivity index (χ0) is 18.1. The predicted molar refractivity (Wildman–Crippen MR) is 102 cm³/mol. The van der Waals surface area contributed by atoms with Crippen molar-refractivity contribution in [1.29, 1.82) is 0 Å². The summed E-state index contributed by atoms with van der Waals surface area (Å²) >= 11 is 0. The third kappa shape index (κ3) is 3.33. The molecular formula is C19H29N7. The van der Waals surface area contributed by atoms with Crippen LogP contribution in [0.3, 0.4) is 0 Å². The average molecular weight is 355 g/mol. The van der Waals surface area contributed by atoms with Crippen molar-refractivity contribution < 1.29 is 0 Å². The highest BCUT2D eigenvalue weighted by molar-refractivity contribution is 5.47. The van der Waals surface area contributed by atoms with Gasteiger partial charge in [0, 0.05) is 44.9 Å². The summed E-state index contributed by atoms with van der Waals surface area (Å²) in [6, 6.07) is 2.55. The van der Waals surface area contributed by atoms with Gasteiger partial charge in [-0.25, -0.2) is 9.97 Å². The number of fused-ring (bicyclic) bond motifs is 1. The highest BCUT2D eigenvalue weighted by Crippen LogP contribution is 2.35. The first-order valence-corrected chi connectivity index (χ1v) is 9.57. The van der Waals surface area contributed by atoms with Gasteiger partial charge < -0.3 is 10.2 Å². The van der Waals surface area contributed by atoms with Crippen molar-refractivity contribution in [2.24, 2.45) is 13.0 Å². The Kier molecular flexibility index (Phi) is 4.91. The SMILES string of the molecule is CN1CCc2ncnc(NC[C@@H]3CCCN(C)[C@H]3c3ccnn3C)c2C1. The number of rotatable bonds is 4. The lowest BCUT2D eigenvalue weighted by molar-refractivity contribution is 0.121. The smallest absolute Gasteiger partial charge is 0.134 e. The molecule has 0 aromatic carbocycles. The molecule has 0 spiro atoms. The number of likely N-dealkylation sites (tertiary alicyclic amines) is 1. The lowest BCUT2D eigenvalue weighted by Gasteiger charge is -2.39. The molecule has 0 saturated carbocycles. The molecule has 0 bridgehead atoms. The van der Waals surface area contributed by atoms with Gasteiger partial charge in [0.25, 0.3) is 0 Å². The molecule has 2 aromatic rings. The van der Waals surface area contributed by atoms with Gasteiger partial charge in [0.15, 0.2) is 0 Å². The standard InChI is InChI=1S/C19H29N7/c1-24-10-7-16-15(12-24)19(22-13-21-16)20-11-14-5-4-9-25(2)18(14)17-6-8-23-26(17)3/h6,8,13-14,18H,4-5,7,9-12H2,1-3H3,(H,20,21,22)/t14-,18+/m0/s1. The van der Waals surface area contributed by atoms with E-state index in [1.165, 1.54) is 29.8 Å². The van der Waals surface area contributed by atoms with E-state index in [4.69, 9.17) is 0 Å². The normalized spacial score (nSPS) is 24.4. The van der Waals surface area contributed by atoms with Crippen molar-refractivity contribution in [1.82, 2.24) is 29.5 Å². The zero-order valence-electron chi connectivity index (χ0n) is 16.0. The van der Waals surface area contributed by atoms with Crippen LogP contribution < -0.4 is 5.32 Å². The third-order valence-electron chi connectivity index (χ3n) is 5.89. The van der Waals surface area contributed by atoms with Crippen LogP contribution in [-0.2, 0) is 20.0 Å². The molecular weight excluding hydrogens is 326 g/mol. The van der Waals surface area contributed by atoms with Crippen LogP contribution in [0.25, 0.3) is 0 Å². The summed E-state index contributed by atoms with van der Waals surface area (Å²) in [6.45, 7) is 4.06. The molecule has 4 heterocycles. The fourth-order valence-electron chi connectivity index (χ4n) is 4.47. The Bertz CT molecular complexity index is 756. The maximum atomic E-state index is 4.56. The Morgan fingerprint density at radius 2 is 2.08 bits per heavy atom. The summed E-state index contributed by atoms with van der Waals surface area (Å²) in [5.74, 6) is 1.55. The summed E-state index contributed by atoms with van der Waals surface area (Å²) in [7, 11) is 6.43. The van der Waals surface area contributed by atoms with Crippen molar-refractivity contribution in [3.63, 3.8) is 0 Å². The van der Waals surface area contributed by atoms with Gasteiger partial charge in [-0.05, 0) is 45.5 Å². The van der Waals surface area contributed by atoms with Crippen LogP contribution in [0.5, 0.6) is 0 Å².